The first-order valence-corrected chi connectivity index (χ1v) is 10.3. The van der Waals surface area contributed by atoms with E-state index in [4.69, 9.17) is 0 Å². The molecule has 0 aliphatic heterocycles. The number of carbonyl (C=O) groups is 1. The number of fused-ring (bicyclic) bond motifs is 4. The molecule has 0 amide bonds. The number of Topliss-reactive ketones (excluding diaryl/α,β-unsaturated/α-hetero) is 1. The van der Waals surface area contributed by atoms with E-state index in [2.05, 4.69) is 6.92 Å². The van der Waals surface area contributed by atoms with E-state index in [9.17, 15) is 15.0 Å². The molecule has 2 N–H and O–H groups in total. The molecular formula is C22H32O3. The highest BCUT2D eigenvalue weighted by molar-refractivity contribution is 5.82. The molecule has 0 aromatic carbocycles. The first-order chi connectivity index (χ1) is 12.0. The van der Waals surface area contributed by atoms with Crippen molar-refractivity contribution >= 4 is 5.78 Å². The van der Waals surface area contributed by atoms with E-state index in [1.807, 2.05) is 6.08 Å². The molecule has 0 aromatic heterocycles. The minimum atomic E-state index is -0.753. The predicted octanol–water partition coefficient (Wildman–Crippen LogP) is 3.94. The number of allylic oxidation sites excluding steroid dienone is 2. The summed E-state index contributed by atoms with van der Waals surface area (Å²) >= 11 is 0. The lowest BCUT2D eigenvalue weighted by molar-refractivity contribution is -0.119. The maximum Gasteiger partial charge on any atom is 0.137 e. The van der Waals surface area contributed by atoms with E-state index >= 15 is 0 Å². The number of ketones is 1. The van der Waals surface area contributed by atoms with Crippen LogP contribution in [0.15, 0.2) is 23.3 Å². The Bertz CT molecular complexity index is 619. The van der Waals surface area contributed by atoms with Crippen LogP contribution in [0, 0.1) is 23.2 Å². The van der Waals surface area contributed by atoms with E-state index in [-0.39, 0.29) is 12.0 Å². The molecule has 2 saturated carbocycles. The van der Waals surface area contributed by atoms with Crippen molar-refractivity contribution in [3.8, 4) is 0 Å². The van der Waals surface area contributed by atoms with Gasteiger partial charge < -0.3 is 10.2 Å². The average molecular weight is 344 g/mol. The second-order valence-electron chi connectivity index (χ2n) is 8.86. The molecule has 25 heavy (non-hydrogen) atoms. The van der Waals surface area contributed by atoms with Crippen molar-refractivity contribution in [2.45, 2.75) is 76.7 Å². The van der Waals surface area contributed by atoms with Gasteiger partial charge in [-0.05, 0) is 69.1 Å². The van der Waals surface area contributed by atoms with E-state index in [0.29, 0.717) is 30.0 Å². The van der Waals surface area contributed by atoms with Crippen molar-refractivity contribution in [2.75, 3.05) is 6.61 Å². The maximum atomic E-state index is 11.8. The van der Waals surface area contributed by atoms with Crippen LogP contribution in [0.1, 0.15) is 71.1 Å². The Morgan fingerprint density at radius 2 is 2.00 bits per heavy atom. The lowest BCUT2D eigenvalue weighted by Gasteiger charge is -2.55. The number of aliphatic hydroxyl groups is 2. The van der Waals surface area contributed by atoms with E-state index < -0.39 is 5.60 Å². The molecule has 0 spiro atoms. The van der Waals surface area contributed by atoms with Crippen molar-refractivity contribution in [2.24, 2.45) is 23.2 Å². The molecule has 4 aliphatic carbocycles. The molecule has 3 heteroatoms. The second kappa shape index (κ2) is 6.35. The van der Waals surface area contributed by atoms with Crippen LogP contribution in [-0.2, 0) is 4.79 Å². The van der Waals surface area contributed by atoms with Gasteiger partial charge >= 0.3 is 0 Å². The van der Waals surface area contributed by atoms with Crippen molar-refractivity contribution < 1.29 is 15.0 Å². The van der Waals surface area contributed by atoms with Gasteiger partial charge in [-0.25, -0.2) is 0 Å². The Morgan fingerprint density at radius 1 is 1.16 bits per heavy atom. The molecular weight excluding hydrogens is 312 g/mol. The standard InChI is InChI=1S/C22H32O3/c1-2-21-11-8-18-17-7-5-16(24)14-15(17)4-6-19(18)20(21)9-12-22(21,25)10-3-13-23/h3,10,18-20,23,25H,2,4-9,11-14H2,1H3/t18?,19?,20?,21-,22-/m0/s1. The normalized spacial score (nSPS) is 44.0. The highest BCUT2D eigenvalue weighted by Crippen LogP contribution is 2.66. The fourth-order valence-corrected chi connectivity index (χ4v) is 7.16. The molecule has 0 radical (unpaired) electrons. The quantitative estimate of drug-likeness (QED) is 0.762. The van der Waals surface area contributed by atoms with Gasteiger partial charge in [0, 0.05) is 18.3 Å². The van der Waals surface area contributed by atoms with Gasteiger partial charge in [0.15, 0.2) is 0 Å². The van der Waals surface area contributed by atoms with Gasteiger partial charge in [0.2, 0.25) is 0 Å². The topological polar surface area (TPSA) is 57.5 Å². The molecule has 4 rings (SSSR count). The largest absolute Gasteiger partial charge is 0.392 e. The Morgan fingerprint density at radius 3 is 2.76 bits per heavy atom. The minimum Gasteiger partial charge on any atom is -0.392 e. The first kappa shape index (κ1) is 17.5. The van der Waals surface area contributed by atoms with Crippen molar-refractivity contribution in [1.29, 1.82) is 0 Å². The molecule has 5 atom stereocenters. The van der Waals surface area contributed by atoms with Crippen molar-refractivity contribution in [1.82, 2.24) is 0 Å². The van der Waals surface area contributed by atoms with E-state index in [1.54, 1.807) is 11.6 Å². The van der Waals surface area contributed by atoms with Crippen LogP contribution < -0.4 is 0 Å². The zero-order valence-corrected chi connectivity index (χ0v) is 15.5. The third-order valence-corrected chi connectivity index (χ3v) is 8.24. The van der Waals surface area contributed by atoms with Crippen LogP contribution in [0.25, 0.3) is 0 Å². The van der Waals surface area contributed by atoms with Crippen LogP contribution in [0.4, 0.5) is 0 Å². The molecule has 0 aromatic rings. The summed E-state index contributed by atoms with van der Waals surface area (Å²) in [7, 11) is 0. The lowest BCUT2D eigenvalue weighted by Crippen LogP contribution is -2.52. The third-order valence-electron chi connectivity index (χ3n) is 8.24. The fraction of sp³-hybridized carbons (Fsp3) is 0.773. The van der Waals surface area contributed by atoms with E-state index in [0.717, 1.165) is 51.4 Å². The number of hydrogen-bond donors (Lipinski definition) is 2. The van der Waals surface area contributed by atoms with Crippen LogP contribution in [0.3, 0.4) is 0 Å². The summed E-state index contributed by atoms with van der Waals surface area (Å²) in [5.74, 6) is 2.35. The van der Waals surface area contributed by atoms with Gasteiger partial charge in [-0.3, -0.25) is 4.79 Å². The Labute approximate surface area is 151 Å². The molecule has 138 valence electrons. The number of hydrogen-bond acceptors (Lipinski definition) is 3. The van der Waals surface area contributed by atoms with Gasteiger partial charge in [0.05, 0.1) is 12.2 Å². The summed E-state index contributed by atoms with van der Waals surface area (Å²) in [6.45, 7) is 2.24. The zero-order chi connectivity index (χ0) is 17.7. The molecule has 0 heterocycles. The SMILES string of the molecule is CC[C@]12CCC3C4=C(CCC3C1CC[C@@]2(O)C=CCO)CC(=O)CC4. The number of aliphatic hydroxyl groups excluding tert-OH is 1. The summed E-state index contributed by atoms with van der Waals surface area (Å²) in [6.07, 6.45) is 13.6. The average Bonchev–Trinajstić information content (AvgIpc) is 2.93. The summed E-state index contributed by atoms with van der Waals surface area (Å²) in [5, 5.41) is 20.7. The van der Waals surface area contributed by atoms with Crippen LogP contribution in [0.5, 0.6) is 0 Å². The zero-order valence-electron chi connectivity index (χ0n) is 15.5. The van der Waals surface area contributed by atoms with Gasteiger partial charge in [0.25, 0.3) is 0 Å². The highest BCUT2D eigenvalue weighted by atomic mass is 16.3. The summed E-state index contributed by atoms with van der Waals surface area (Å²) < 4.78 is 0. The predicted molar refractivity (Wildman–Crippen MR) is 98.0 cm³/mol. The van der Waals surface area contributed by atoms with Crippen molar-refractivity contribution in [3.63, 3.8) is 0 Å². The number of carbonyl (C=O) groups excluding carboxylic acids is 1. The van der Waals surface area contributed by atoms with Crippen molar-refractivity contribution in [3.05, 3.63) is 23.3 Å². The molecule has 0 bridgehead atoms. The molecule has 2 fully saturated rings. The van der Waals surface area contributed by atoms with Crippen LogP contribution in [-0.4, -0.2) is 28.2 Å². The molecule has 3 nitrogen and oxygen atoms in total. The summed E-state index contributed by atoms with van der Waals surface area (Å²) in [5.41, 5.74) is 2.32. The minimum absolute atomic E-state index is 0.00307. The number of rotatable bonds is 3. The Balaban J connectivity index is 1.66. The van der Waals surface area contributed by atoms with Crippen LogP contribution in [0.2, 0.25) is 0 Å². The Hall–Kier alpha value is -0.930. The van der Waals surface area contributed by atoms with Crippen LogP contribution >= 0.6 is 0 Å². The highest BCUT2D eigenvalue weighted by Gasteiger charge is 2.62. The fourth-order valence-electron chi connectivity index (χ4n) is 7.16. The van der Waals surface area contributed by atoms with Gasteiger partial charge in [0.1, 0.15) is 5.78 Å². The first-order valence-electron chi connectivity index (χ1n) is 10.3. The molecule has 3 unspecified atom stereocenters. The van der Waals surface area contributed by atoms with Gasteiger partial charge in [-0.1, -0.05) is 30.2 Å². The van der Waals surface area contributed by atoms with Gasteiger partial charge in [-0.2, -0.15) is 0 Å². The third kappa shape index (κ3) is 2.49. The Kier molecular flexibility index (Phi) is 4.44. The summed E-state index contributed by atoms with van der Waals surface area (Å²) in [6, 6.07) is 0. The van der Waals surface area contributed by atoms with Gasteiger partial charge in [-0.15, -0.1) is 0 Å². The molecule has 4 aliphatic rings. The summed E-state index contributed by atoms with van der Waals surface area (Å²) in [4.78, 5) is 11.8. The smallest absolute Gasteiger partial charge is 0.137 e. The monoisotopic (exact) mass is 344 g/mol. The van der Waals surface area contributed by atoms with E-state index in [1.165, 1.54) is 12.0 Å². The maximum absolute atomic E-state index is 11.8. The molecule has 0 saturated heterocycles. The lowest BCUT2D eigenvalue weighted by atomic mass is 9.51. The second-order valence-corrected chi connectivity index (χ2v) is 8.86.